The molecule has 0 spiro atoms. The standard InChI is InChI=1S/C18H26OSi/c1-15(2)18(20(3,4)5)14-13-17(19)12-11-16-9-7-6-8-10-16/h6-12,14,17,19H,1,13H2,2-5H3/b12-11+,18-14-/t17-/m1/s1. The van der Waals surface area contributed by atoms with Gasteiger partial charge in [0.05, 0.1) is 14.2 Å². The summed E-state index contributed by atoms with van der Waals surface area (Å²) in [5.41, 5.74) is 2.24. The monoisotopic (exact) mass is 286 g/mol. The van der Waals surface area contributed by atoms with E-state index in [1.807, 2.05) is 42.5 Å². The molecule has 0 heterocycles. The van der Waals surface area contributed by atoms with Crippen LogP contribution in [0.5, 0.6) is 0 Å². The molecule has 0 radical (unpaired) electrons. The van der Waals surface area contributed by atoms with Gasteiger partial charge >= 0.3 is 0 Å². The van der Waals surface area contributed by atoms with Crippen LogP contribution >= 0.6 is 0 Å². The van der Waals surface area contributed by atoms with Crippen LogP contribution < -0.4 is 0 Å². The Morgan fingerprint density at radius 2 is 1.85 bits per heavy atom. The molecule has 0 aliphatic rings. The zero-order valence-electron chi connectivity index (χ0n) is 13.1. The number of hydrogen-bond acceptors (Lipinski definition) is 1. The number of aliphatic hydroxyl groups is 1. The summed E-state index contributed by atoms with van der Waals surface area (Å²) in [5.74, 6) is 0. The van der Waals surface area contributed by atoms with Crippen molar-refractivity contribution < 1.29 is 5.11 Å². The second-order valence-corrected chi connectivity index (χ2v) is 11.3. The minimum absolute atomic E-state index is 0.444. The van der Waals surface area contributed by atoms with Crippen LogP contribution in [0.2, 0.25) is 19.6 Å². The van der Waals surface area contributed by atoms with Gasteiger partial charge in [-0.1, -0.05) is 85.5 Å². The molecule has 2 heteroatoms. The van der Waals surface area contributed by atoms with Crippen LogP contribution in [0.15, 0.2) is 59.8 Å². The molecule has 1 aromatic carbocycles. The molecule has 0 bridgehead atoms. The SMILES string of the molecule is C=C(C)/C(=C/C[C@H](O)/C=C/c1ccccc1)[Si](C)(C)C. The lowest BCUT2D eigenvalue weighted by Crippen LogP contribution is -2.25. The average Bonchev–Trinajstić information content (AvgIpc) is 2.35. The van der Waals surface area contributed by atoms with Crippen molar-refractivity contribution in [3.63, 3.8) is 0 Å². The lowest BCUT2D eigenvalue weighted by Gasteiger charge is -2.21. The van der Waals surface area contributed by atoms with E-state index in [2.05, 4.69) is 39.2 Å². The fourth-order valence-corrected chi connectivity index (χ4v) is 4.23. The van der Waals surface area contributed by atoms with Gasteiger partial charge < -0.3 is 5.11 Å². The van der Waals surface area contributed by atoms with E-state index in [0.717, 1.165) is 11.1 Å². The van der Waals surface area contributed by atoms with E-state index in [4.69, 9.17) is 0 Å². The van der Waals surface area contributed by atoms with Gasteiger partial charge in [-0.05, 0) is 18.9 Å². The first kappa shape index (κ1) is 16.7. The fourth-order valence-electron chi connectivity index (χ4n) is 2.22. The highest BCUT2D eigenvalue weighted by Crippen LogP contribution is 2.22. The summed E-state index contributed by atoms with van der Waals surface area (Å²) in [6.45, 7) is 13.0. The van der Waals surface area contributed by atoms with Gasteiger partial charge in [-0.15, -0.1) is 0 Å². The van der Waals surface area contributed by atoms with Crippen LogP contribution in [0, 0.1) is 0 Å². The molecule has 0 saturated heterocycles. The number of benzene rings is 1. The van der Waals surface area contributed by atoms with Crippen molar-refractivity contribution in [1.29, 1.82) is 0 Å². The van der Waals surface area contributed by atoms with Crippen LogP contribution in [0.3, 0.4) is 0 Å². The fraction of sp³-hybridized carbons (Fsp3) is 0.333. The zero-order chi connectivity index (χ0) is 15.2. The molecule has 0 aliphatic carbocycles. The third-order valence-corrected chi connectivity index (χ3v) is 5.39. The lowest BCUT2D eigenvalue weighted by molar-refractivity contribution is 0.227. The number of allylic oxidation sites excluding steroid dienone is 2. The van der Waals surface area contributed by atoms with Crippen molar-refractivity contribution in [2.24, 2.45) is 0 Å². The van der Waals surface area contributed by atoms with Crippen molar-refractivity contribution in [2.75, 3.05) is 0 Å². The zero-order valence-corrected chi connectivity index (χ0v) is 14.1. The molecule has 0 aromatic heterocycles. The molecule has 0 aliphatic heterocycles. The molecule has 0 fully saturated rings. The molecule has 0 unspecified atom stereocenters. The maximum atomic E-state index is 10.1. The van der Waals surface area contributed by atoms with Gasteiger partial charge in [0.25, 0.3) is 0 Å². The molecule has 1 nitrogen and oxygen atoms in total. The van der Waals surface area contributed by atoms with Gasteiger partial charge in [0.15, 0.2) is 0 Å². The van der Waals surface area contributed by atoms with Crippen molar-refractivity contribution in [3.8, 4) is 0 Å². The van der Waals surface area contributed by atoms with Crippen LogP contribution in [0.25, 0.3) is 6.08 Å². The lowest BCUT2D eigenvalue weighted by atomic mass is 10.1. The second-order valence-electron chi connectivity index (χ2n) is 6.22. The Kier molecular flexibility index (Phi) is 6.18. The van der Waals surface area contributed by atoms with E-state index >= 15 is 0 Å². The Morgan fingerprint density at radius 3 is 2.35 bits per heavy atom. The molecule has 0 saturated carbocycles. The average molecular weight is 286 g/mol. The predicted molar refractivity (Wildman–Crippen MR) is 92.3 cm³/mol. The quantitative estimate of drug-likeness (QED) is 0.586. The minimum atomic E-state index is -1.38. The Labute approximate surface area is 124 Å². The minimum Gasteiger partial charge on any atom is -0.389 e. The van der Waals surface area contributed by atoms with Crippen LogP contribution in [0.4, 0.5) is 0 Å². The normalized spacial score (nSPS) is 14.6. The first-order chi connectivity index (χ1) is 9.30. The molecule has 1 rings (SSSR count). The molecule has 108 valence electrons. The van der Waals surface area contributed by atoms with Gasteiger partial charge in [-0.2, -0.15) is 0 Å². The first-order valence-corrected chi connectivity index (χ1v) is 10.6. The van der Waals surface area contributed by atoms with Gasteiger partial charge in [-0.3, -0.25) is 0 Å². The Hall–Kier alpha value is -1.38. The molecule has 1 N–H and O–H groups in total. The number of hydrogen-bond donors (Lipinski definition) is 1. The van der Waals surface area contributed by atoms with E-state index in [9.17, 15) is 5.11 Å². The highest BCUT2D eigenvalue weighted by Gasteiger charge is 2.19. The Bertz CT molecular complexity index is 492. The molecule has 20 heavy (non-hydrogen) atoms. The molecular weight excluding hydrogens is 260 g/mol. The van der Waals surface area contributed by atoms with Crippen LogP contribution in [-0.4, -0.2) is 19.3 Å². The highest BCUT2D eigenvalue weighted by atomic mass is 28.3. The van der Waals surface area contributed by atoms with Gasteiger partial charge in [0.1, 0.15) is 0 Å². The van der Waals surface area contributed by atoms with Gasteiger partial charge in [0, 0.05) is 0 Å². The third-order valence-electron chi connectivity index (χ3n) is 3.14. The highest BCUT2D eigenvalue weighted by molar-refractivity contribution is 6.83. The molecule has 1 aromatic rings. The Balaban J connectivity index is 2.68. The van der Waals surface area contributed by atoms with E-state index in [1.165, 1.54) is 5.20 Å². The van der Waals surface area contributed by atoms with E-state index in [1.54, 1.807) is 0 Å². The first-order valence-electron chi connectivity index (χ1n) is 7.08. The van der Waals surface area contributed by atoms with E-state index < -0.39 is 14.2 Å². The molecule has 1 atom stereocenters. The number of aliphatic hydroxyl groups excluding tert-OH is 1. The number of rotatable bonds is 6. The summed E-state index contributed by atoms with van der Waals surface area (Å²) in [6.07, 6.45) is 6.19. The molecular formula is C18H26OSi. The van der Waals surface area contributed by atoms with Crippen LogP contribution in [0.1, 0.15) is 18.9 Å². The maximum Gasteiger partial charge on any atom is 0.0774 e. The predicted octanol–water partition coefficient (Wildman–Crippen LogP) is 4.83. The summed E-state index contributed by atoms with van der Waals surface area (Å²) in [4.78, 5) is 0. The third kappa shape index (κ3) is 5.72. The van der Waals surface area contributed by atoms with E-state index in [-0.39, 0.29) is 0 Å². The van der Waals surface area contributed by atoms with Crippen molar-refractivity contribution in [2.45, 2.75) is 39.1 Å². The van der Waals surface area contributed by atoms with Gasteiger partial charge in [-0.25, -0.2) is 0 Å². The van der Waals surface area contributed by atoms with Crippen LogP contribution in [-0.2, 0) is 0 Å². The summed E-state index contributed by atoms with van der Waals surface area (Å²) in [6, 6.07) is 10.0. The molecule has 0 amide bonds. The largest absolute Gasteiger partial charge is 0.389 e. The summed E-state index contributed by atoms with van der Waals surface area (Å²) < 4.78 is 0. The van der Waals surface area contributed by atoms with Crippen molar-refractivity contribution >= 4 is 14.1 Å². The topological polar surface area (TPSA) is 20.2 Å². The Morgan fingerprint density at radius 1 is 1.25 bits per heavy atom. The van der Waals surface area contributed by atoms with E-state index in [0.29, 0.717) is 6.42 Å². The van der Waals surface area contributed by atoms with Crippen molar-refractivity contribution in [1.82, 2.24) is 0 Å². The van der Waals surface area contributed by atoms with Gasteiger partial charge in [0.2, 0.25) is 0 Å². The summed E-state index contributed by atoms with van der Waals surface area (Å²) >= 11 is 0. The smallest absolute Gasteiger partial charge is 0.0774 e. The summed E-state index contributed by atoms with van der Waals surface area (Å²) in [5, 5.41) is 11.4. The summed E-state index contributed by atoms with van der Waals surface area (Å²) in [7, 11) is -1.38. The maximum absolute atomic E-state index is 10.1. The van der Waals surface area contributed by atoms with Crippen molar-refractivity contribution in [3.05, 3.63) is 65.4 Å². The second kappa shape index (κ2) is 7.41.